The van der Waals surface area contributed by atoms with Gasteiger partial charge in [0.15, 0.2) is 0 Å². The van der Waals surface area contributed by atoms with Crippen molar-refractivity contribution in [2.75, 3.05) is 16.8 Å². The van der Waals surface area contributed by atoms with Gasteiger partial charge >= 0.3 is 0 Å². The normalized spacial score (nSPS) is 11.3. The molecule has 34 heavy (non-hydrogen) atoms. The van der Waals surface area contributed by atoms with E-state index < -0.39 is 0 Å². The number of nitrogens with one attached hydrogen (secondary N) is 1. The first-order valence-corrected chi connectivity index (χ1v) is 11.4. The second-order valence-corrected chi connectivity index (χ2v) is 8.57. The molecule has 164 valence electrons. The van der Waals surface area contributed by atoms with E-state index in [-0.39, 0.29) is 0 Å². The maximum Gasteiger partial charge on any atom is 0.0790 e. The second kappa shape index (κ2) is 8.09. The highest BCUT2D eigenvalue weighted by Gasteiger charge is 2.13. The van der Waals surface area contributed by atoms with Crippen LogP contribution in [0.5, 0.6) is 0 Å². The van der Waals surface area contributed by atoms with Gasteiger partial charge in [-0.05, 0) is 46.7 Å². The summed E-state index contributed by atoms with van der Waals surface area (Å²) in [7, 11) is 0. The van der Waals surface area contributed by atoms with Gasteiger partial charge < -0.3 is 16.8 Å². The molecule has 4 heteroatoms. The van der Waals surface area contributed by atoms with E-state index in [9.17, 15) is 0 Å². The quantitative estimate of drug-likeness (QED) is 0.204. The molecule has 0 bridgehead atoms. The Hall–Kier alpha value is -4.57. The third-order valence-corrected chi connectivity index (χ3v) is 6.37. The third kappa shape index (κ3) is 3.46. The van der Waals surface area contributed by atoms with Gasteiger partial charge in [-0.15, -0.1) is 0 Å². The zero-order valence-corrected chi connectivity index (χ0v) is 18.6. The highest BCUT2D eigenvalue weighted by Crippen LogP contribution is 2.36. The Bertz CT molecular complexity index is 1680. The van der Waals surface area contributed by atoms with Crippen LogP contribution in [-0.4, -0.2) is 4.98 Å². The lowest BCUT2D eigenvalue weighted by molar-refractivity contribution is 1.07. The standard InChI is InChI=1S/C30H24N4/c31-21-13-15-28(32)27(16-21)26-17-22(18-33-29-11-5-8-19-6-1-3-9-23(19)29)34-30-24-10-4-2-7-20(24)12-14-25(26)30/h1-17,33H,18,31-32H2. The van der Waals surface area contributed by atoms with Gasteiger partial charge in [0.25, 0.3) is 0 Å². The average Bonchev–Trinajstić information content (AvgIpc) is 2.88. The van der Waals surface area contributed by atoms with E-state index in [1.165, 1.54) is 10.8 Å². The lowest BCUT2D eigenvalue weighted by Crippen LogP contribution is -2.04. The summed E-state index contributed by atoms with van der Waals surface area (Å²) in [5.41, 5.74) is 18.9. The molecule has 6 rings (SSSR count). The lowest BCUT2D eigenvalue weighted by atomic mass is 9.95. The van der Waals surface area contributed by atoms with Crippen molar-refractivity contribution in [1.29, 1.82) is 0 Å². The maximum absolute atomic E-state index is 6.41. The minimum Gasteiger partial charge on any atom is -0.399 e. The van der Waals surface area contributed by atoms with Crippen LogP contribution < -0.4 is 16.8 Å². The van der Waals surface area contributed by atoms with Crippen LogP contribution in [0.15, 0.2) is 103 Å². The van der Waals surface area contributed by atoms with Gasteiger partial charge in [-0.1, -0.05) is 72.8 Å². The summed E-state index contributed by atoms with van der Waals surface area (Å²) in [6.45, 7) is 0.586. The highest BCUT2D eigenvalue weighted by molar-refractivity contribution is 6.11. The number of aromatic nitrogens is 1. The molecule has 0 saturated heterocycles. The van der Waals surface area contributed by atoms with E-state index in [0.717, 1.165) is 44.2 Å². The molecule has 5 aromatic carbocycles. The fourth-order valence-corrected chi connectivity index (χ4v) is 4.70. The number of nitrogen functional groups attached to an aromatic ring is 2. The topological polar surface area (TPSA) is 77.0 Å². The molecule has 0 saturated carbocycles. The zero-order chi connectivity index (χ0) is 23.1. The first-order valence-electron chi connectivity index (χ1n) is 11.4. The lowest BCUT2D eigenvalue weighted by Gasteiger charge is -2.15. The van der Waals surface area contributed by atoms with Gasteiger partial charge in [-0.25, -0.2) is 0 Å². The first kappa shape index (κ1) is 20.1. The molecular weight excluding hydrogens is 416 g/mol. The molecule has 0 spiro atoms. The van der Waals surface area contributed by atoms with Crippen LogP contribution in [0.3, 0.4) is 0 Å². The molecule has 1 aromatic heterocycles. The minimum absolute atomic E-state index is 0.586. The van der Waals surface area contributed by atoms with E-state index in [1.807, 2.05) is 18.2 Å². The second-order valence-electron chi connectivity index (χ2n) is 8.57. The largest absolute Gasteiger partial charge is 0.399 e. The van der Waals surface area contributed by atoms with Crippen LogP contribution in [0.4, 0.5) is 17.1 Å². The molecule has 1 heterocycles. The predicted octanol–water partition coefficient (Wildman–Crippen LogP) is 6.98. The summed E-state index contributed by atoms with van der Waals surface area (Å²) < 4.78 is 0. The highest BCUT2D eigenvalue weighted by atomic mass is 14.9. The monoisotopic (exact) mass is 440 g/mol. The molecular formula is C30H24N4. The number of benzene rings is 5. The van der Waals surface area contributed by atoms with Crippen LogP contribution in [0.2, 0.25) is 0 Å². The Morgan fingerprint density at radius 3 is 2.21 bits per heavy atom. The van der Waals surface area contributed by atoms with Gasteiger partial charge in [0.05, 0.1) is 17.8 Å². The van der Waals surface area contributed by atoms with Crippen LogP contribution in [0, 0.1) is 0 Å². The van der Waals surface area contributed by atoms with Crippen LogP contribution >= 0.6 is 0 Å². The van der Waals surface area contributed by atoms with Gasteiger partial charge in [0.1, 0.15) is 0 Å². The first-order chi connectivity index (χ1) is 16.7. The van der Waals surface area contributed by atoms with Crippen molar-refractivity contribution in [3.05, 3.63) is 109 Å². The molecule has 0 fully saturated rings. The molecule has 6 aromatic rings. The van der Waals surface area contributed by atoms with Crippen molar-refractivity contribution >= 4 is 49.5 Å². The summed E-state index contributed by atoms with van der Waals surface area (Å²) in [6, 6.07) is 35.1. The summed E-state index contributed by atoms with van der Waals surface area (Å²) in [5.74, 6) is 0. The number of fused-ring (bicyclic) bond motifs is 4. The number of hydrogen-bond acceptors (Lipinski definition) is 4. The van der Waals surface area contributed by atoms with E-state index in [1.54, 1.807) is 0 Å². The Morgan fingerprint density at radius 2 is 1.35 bits per heavy atom. The Labute approximate surface area is 197 Å². The van der Waals surface area contributed by atoms with Crippen LogP contribution in [0.1, 0.15) is 5.69 Å². The molecule has 0 unspecified atom stereocenters. The van der Waals surface area contributed by atoms with Gasteiger partial charge in [-0.3, -0.25) is 4.98 Å². The van der Waals surface area contributed by atoms with Crippen molar-refractivity contribution in [2.24, 2.45) is 0 Å². The number of nitrogens with zero attached hydrogens (tertiary/aromatic N) is 1. The molecule has 0 atom stereocenters. The number of rotatable bonds is 4. The minimum atomic E-state index is 0.586. The average molecular weight is 441 g/mol. The van der Waals surface area contributed by atoms with Crippen molar-refractivity contribution in [3.63, 3.8) is 0 Å². The van der Waals surface area contributed by atoms with E-state index >= 15 is 0 Å². The third-order valence-electron chi connectivity index (χ3n) is 6.37. The molecule has 0 amide bonds. The zero-order valence-electron chi connectivity index (χ0n) is 18.6. The van der Waals surface area contributed by atoms with E-state index in [2.05, 4.69) is 90.2 Å². The smallest absolute Gasteiger partial charge is 0.0790 e. The molecule has 0 aliphatic carbocycles. The van der Waals surface area contributed by atoms with Gasteiger partial charge in [0, 0.05) is 38.8 Å². The molecule has 0 radical (unpaired) electrons. The number of anilines is 3. The number of nitrogens with two attached hydrogens (primary N) is 2. The maximum atomic E-state index is 6.41. The van der Waals surface area contributed by atoms with Gasteiger partial charge in [-0.2, -0.15) is 0 Å². The summed E-state index contributed by atoms with van der Waals surface area (Å²) >= 11 is 0. The SMILES string of the molecule is Nc1ccc(N)c(-c2cc(CNc3cccc4ccccc34)nc3c2ccc2ccccc23)c1. The van der Waals surface area contributed by atoms with Crippen LogP contribution in [-0.2, 0) is 6.54 Å². The summed E-state index contributed by atoms with van der Waals surface area (Å²) in [4.78, 5) is 5.10. The fraction of sp³-hybridized carbons (Fsp3) is 0.0333. The number of pyridine rings is 1. The van der Waals surface area contributed by atoms with Crippen molar-refractivity contribution < 1.29 is 0 Å². The summed E-state index contributed by atoms with van der Waals surface area (Å²) in [5, 5.41) is 9.34. The van der Waals surface area contributed by atoms with Crippen molar-refractivity contribution in [1.82, 2.24) is 4.98 Å². The molecule has 5 N–H and O–H groups in total. The Balaban J connectivity index is 1.52. The van der Waals surface area contributed by atoms with Crippen molar-refractivity contribution in [2.45, 2.75) is 6.54 Å². The van der Waals surface area contributed by atoms with E-state index in [4.69, 9.17) is 16.5 Å². The van der Waals surface area contributed by atoms with Gasteiger partial charge in [0.2, 0.25) is 0 Å². The fourth-order valence-electron chi connectivity index (χ4n) is 4.70. The van der Waals surface area contributed by atoms with Crippen LogP contribution in [0.25, 0.3) is 43.6 Å². The Morgan fingerprint density at radius 1 is 0.618 bits per heavy atom. The Kier molecular flexibility index (Phi) is 4.77. The molecule has 0 aliphatic rings. The van der Waals surface area contributed by atoms with E-state index in [0.29, 0.717) is 17.9 Å². The van der Waals surface area contributed by atoms with Crippen molar-refractivity contribution in [3.8, 4) is 11.1 Å². The molecule has 0 aliphatic heterocycles. The molecule has 4 nitrogen and oxygen atoms in total. The number of hydrogen-bond donors (Lipinski definition) is 3. The summed E-state index contributed by atoms with van der Waals surface area (Å²) in [6.07, 6.45) is 0. The predicted molar refractivity (Wildman–Crippen MR) is 145 cm³/mol.